The zero-order chi connectivity index (χ0) is 8.86. The minimum absolute atomic E-state index is 0.00463. The van der Waals surface area contributed by atoms with Gasteiger partial charge in [0.15, 0.2) is 0 Å². The quantitative estimate of drug-likeness (QED) is 0.528. The Morgan fingerprint density at radius 1 is 1.36 bits per heavy atom. The highest BCUT2D eigenvalue weighted by atomic mass is 16.2. The first-order valence-corrected chi connectivity index (χ1v) is 4.07. The summed E-state index contributed by atoms with van der Waals surface area (Å²) in [4.78, 5) is 11.2. The summed E-state index contributed by atoms with van der Waals surface area (Å²) in [6, 6.07) is 0. The smallest absolute Gasteiger partial charge is 0.226 e. The van der Waals surface area contributed by atoms with Crippen molar-refractivity contribution in [2.45, 2.75) is 40.2 Å². The monoisotopic (exact) mass is 155 g/mol. The van der Waals surface area contributed by atoms with Crippen LogP contribution in [-0.4, -0.2) is 11.4 Å². The molecule has 2 nitrogen and oxygen atoms in total. The van der Waals surface area contributed by atoms with Gasteiger partial charge >= 0.3 is 0 Å². The second-order valence-corrected chi connectivity index (χ2v) is 5.01. The fourth-order valence-corrected chi connectivity index (χ4v) is 2.19. The zero-order valence-electron chi connectivity index (χ0n) is 7.99. The molecule has 0 spiro atoms. The molecule has 0 aliphatic carbocycles. The average molecular weight is 155 g/mol. The van der Waals surface area contributed by atoms with Crippen molar-refractivity contribution in [2.24, 2.45) is 11.3 Å². The molecule has 1 saturated heterocycles. The van der Waals surface area contributed by atoms with E-state index < -0.39 is 0 Å². The van der Waals surface area contributed by atoms with Crippen molar-refractivity contribution in [2.75, 3.05) is 0 Å². The van der Waals surface area contributed by atoms with Gasteiger partial charge in [-0.2, -0.15) is 0 Å². The lowest BCUT2D eigenvalue weighted by molar-refractivity contribution is -0.146. The van der Waals surface area contributed by atoms with Gasteiger partial charge < -0.3 is 5.32 Å². The molecule has 1 aliphatic heterocycles. The molecular formula is C9H17NO. The molecule has 0 aromatic heterocycles. The normalized spacial score (nSPS) is 29.2. The van der Waals surface area contributed by atoms with Crippen LogP contribution in [0.5, 0.6) is 0 Å². The Kier molecular flexibility index (Phi) is 1.55. The van der Waals surface area contributed by atoms with Crippen molar-refractivity contribution in [3.8, 4) is 0 Å². The molecule has 1 atom stereocenters. The second kappa shape index (κ2) is 1.99. The fourth-order valence-electron chi connectivity index (χ4n) is 2.19. The Morgan fingerprint density at radius 3 is 1.91 bits per heavy atom. The molecule has 0 bridgehead atoms. The summed E-state index contributed by atoms with van der Waals surface area (Å²) in [5, 5.41) is 2.90. The SMILES string of the molecule is CC(C)(C)C1C(=O)NC1(C)C. The predicted molar refractivity (Wildman–Crippen MR) is 45.2 cm³/mol. The van der Waals surface area contributed by atoms with Crippen LogP contribution >= 0.6 is 0 Å². The van der Waals surface area contributed by atoms with Crippen LogP contribution in [0.4, 0.5) is 0 Å². The van der Waals surface area contributed by atoms with E-state index in [1.54, 1.807) is 0 Å². The number of hydrogen-bond donors (Lipinski definition) is 1. The number of amides is 1. The molecule has 64 valence electrons. The standard InChI is InChI=1S/C9H17NO/c1-8(2,3)6-7(11)10-9(6,4)5/h6H,1-5H3,(H,10,11). The Morgan fingerprint density at radius 2 is 1.82 bits per heavy atom. The van der Waals surface area contributed by atoms with Crippen molar-refractivity contribution >= 4 is 5.91 Å². The van der Waals surface area contributed by atoms with E-state index in [0.717, 1.165) is 0 Å². The molecule has 1 amide bonds. The molecule has 2 heteroatoms. The van der Waals surface area contributed by atoms with Gasteiger partial charge in [-0.1, -0.05) is 20.8 Å². The van der Waals surface area contributed by atoms with Crippen molar-refractivity contribution in [1.82, 2.24) is 5.32 Å². The van der Waals surface area contributed by atoms with Crippen LogP contribution in [0.1, 0.15) is 34.6 Å². The van der Waals surface area contributed by atoms with Crippen LogP contribution in [-0.2, 0) is 4.79 Å². The molecular weight excluding hydrogens is 138 g/mol. The Labute approximate surface area is 68.4 Å². The molecule has 1 unspecified atom stereocenters. The maximum atomic E-state index is 11.2. The second-order valence-electron chi connectivity index (χ2n) is 5.01. The summed E-state index contributed by atoms with van der Waals surface area (Å²) in [5.74, 6) is 0.359. The molecule has 1 aliphatic rings. The third-order valence-electron chi connectivity index (χ3n) is 2.30. The number of β-lactam (4-membered cyclic amide) rings is 1. The molecule has 1 N–H and O–H groups in total. The van der Waals surface area contributed by atoms with Crippen LogP contribution in [0, 0.1) is 11.3 Å². The highest BCUT2D eigenvalue weighted by molar-refractivity contribution is 5.88. The molecule has 1 rings (SSSR count). The molecule has 0 aromatic carbocycles. The summed E-state index contributed by atoms with van der Waals surface area (Å²) >= 11 is 0. The van der Waals surface area contributed by atoms with E-state index in [4.69, 9.17) is 0 Å². The first-order chi connectivity index (χ1) is 4.75. The third-order valence-corrected chi connectivity index (χ3v) is 2.30. The maximum Gasteiger partial charge on any atom is 0.226 e. The lowest BCUT2D eigenvalue weighted by atomic mass is 9.64. The maximum absolute atomic E-state index is 11.2. The van der Waals surface area contributed by atoms with Gasteiger partial charge in [0.2, 0.25) is 5.91 Å². The third kappa shape index (κ3) is 1.26. The molecule has 1 heterocycles. The zero-order valence-corrected chi connectivity index (χ0v) is 7.99. The van der Waals surface area contributed by atoms with Crippen molar-refractivity contribution in [1.29, 1.82) is 0 Å². The van der Waals surface area contributed by atoms with E-state index in [9.17, 15) is 4.79 Å². The molecule has 0 saturated carbocycles. The van der Waals surface area contributed by atoms with Gasteiger partial charge in [-0.05, 0) is 19.3 Å². The van der Waals surface area contributed by atoms with Gasteiger partial charge in [0.25, 0.3) is 0 Å². The number of carbonyl (C=O) groups is 1. The topological polar surface area (TPSA) is 29.1 Å². The van der Waals surface area contributed by atoms with Crippen LogP contribution < -0.4 is 5.32 Å². The highest BCUT2D eigenvalue weighted by Crippen LogP contribution is 2.40. The summed E-state index contributed by atoms with van der Waals surface area (Å²) in [7, 11) is 0. The van der Waals surface area contributed by atoms with E-state index in [2.05, 4.69) is 39.9 Å². The lowest BCUT2D eigenvalue weighted by Crippen LogP contribution is -2.69. The molecule has 0 radical (unpaired) electrons. The fraction of sp³-hybridized carbons (Fsp3) is 0.889. The van der Waals surface area contributed by atoms with Gasteiger partial charge in [0.1, 0.15) is 0 Å². The van der Waals surface area contributed by atoms with Crippen molar-refractivity contribution in [3.63, 3.8) is 0 Å². The van der Waals surface area contributed by atoms with Crippen LogP contribution in [0.3, 0.4) is 0 Å². The first-order valence-electron chi connectivity index (χ1n) is 4.07. The Hall–Kier alpha value is -0.530. The summed E-state index contributed by atoms with van der Waals surface area (Å²) in [6.07, 6.45) is 0. The minimum Gasteiger partial charge on any atom is -0.350 e. The van der Waals surface area contributed by atoms with E-state index in [1.807, 2.05) is 0 Å². The van der Waals surface area contributed by atoms with Crippen LogP contribution in [0.15, 0.2) is 0 Å². The van der Waals surface area contributed by atoms with Crippen LogP contribution in [0.2, 0.25) is 0 Å². The van der Waals surface area contributed by atoms with Gasteiger partial charge in [0, 0.05) is 5.54 Å². The Balaban J connectivity index is 2.80. The lowest BCUT2D eigenvalue weighted by Gasteiger charge is -2.50. The van der Waals surface area contributed by atoms with Gasteiger partial charge in [0.05, 0.1) is 5.92 Å². The van der Waals surface area contributed by atoms with Gasteiger partial charge in [-0.25, -0.2) is 0 Å². The van der Waals surface area contributed by atoms with E-state index in [0.29, 0.717) is 0 Å². The number of carbonyl (C=O) groups excluding carboxylic acids is 1. The average Bonchev–Trinajstić information content (AvgIpc) is 1.54. The number of nitrogens with one attached hydrogen (secondary N) is 1. The van der Waals surface area contributed by atoms with Gasteiger partial charge in [-0.3, -0.25) is 4.79 Å². The van der Waals surface area contributed by atoms with Gasteiger partial charge in [-0.15, -0.1) is 0 Å². The Bertz CT molecular complexity index is 178. The van der Waals surface area contributed by atoms with Crippen molar-refractivity contribution in [3.05, 3.63) is 0 Å². The number of hydrogen-bond acceptors (Lipinski definition) is 1. The first kappa shape index (κ1) is 8.57. The van der Waals surface area contributed by atoms with E-state index >= 15 is 0 Å². The van der Waals surface area contributed by atoms with E-state index in [-0.39, 0.29) is 22.8 Å². The predicted octanol–water partition coefficient (Wildman–Crippen LogP) is 1.56. The molecule has 11 heavy (non-hydrogen) atoms. The molecule has 1 fully saturated rings. The summed E-state index contributed by atoms with van der Waals surface area (Å²) < 4.78 is 0. The van der Waals surface area contributed by atoms with E-state index in [1.165, 1.54) is 0 Å². The van der Waals surface area contributed by atoms with Crippen molar-refractivity contribution < 1.29 is 4.79 Å². The minimum atomic E-state index is -0.00463. The highest BCUT2D eigenvalue weighted by Gasteiger charge is 2.51. The molecule has 0 aromatic rings. The summed E-state index contributed by atoms with van der Waals surface area (Å²) in [6.45, 7) is 10.5. The number of rotatable bonds is 0. The largest absolute Gasteiger partial charge is 0.350 e. The summed E-state index contributed by atoms with van der Waals surface area (Å²) in [5.41, 5.74) is 0.0845. The van der Waals surface area contributed by atoms with Crippen LogP contribution in [0.25, 0.3) is 0 Å².